The molecular weight excluding hydrogens is 278 g/mol. The molecule has 1 N–H and O–H groups in total. The van der Waals surface area contributed by atoms with Crippen LogP contribution in [0.2, 0.25) is 0 Å². The number of nitrogens with zero attached hydrogens (tertiary/aromatic N) is 4. The van der Waals surface area contributed by atoms with Crippen LogP contribution >= 0.6 is 22.7 Å². The quantitative estimate of drug-likeness (QED) is 0.799. The molecule has 0 amide bonds. The molecule has 0 saturated heterocycles. The van der Waals surface area contributed by atoms with Crippen molar-refractivity contribution in [3.05, 3.63) is 30.2 Å². The summed E-state index contributed by atoms with van der Waals surface area (Å²) in [6, 6.07) is 0. The Kier molecular flexibility index (Phi) is 3.47. The maximum Gasteiger partial charge on any atom is 0.183 e. The highest BCUT2D eigenvalue weighted by atomic mass is 32.1. The van der Waals surface area contributed by atoms with E-state index in [2.05, 4.69) is 32.2 Å². The molecule has 3 aromatic heterocycles. The minimum Gasteiger partial charge on any atom is -0.362 e. The van der Waals surface area contributed by atoms with Crippen LogP contribution in [-0.2, 0) is 0 Å². The van der Waals surface area contributed by atoms with E-state index in [-0.39, 0.29) is 0 Å². The Hall–Kier alpha value is -1.86. The summed E-state index contributed by atoms with van der Waals surface area (Å²) in [5.74, 6) is 0. The molecule has 5 nitrogen and oxygen atoms in total. The third-order valence-corrected chi connectivity index (χ3v) is 4.21. The molecule has 0 aromatic carbocycles. The Labute approximate surface area is 118 Å². The maximum absolute atomic E-state index is 4.52. The average molecular weight is 289 g/mol. The zero-order chi connectivity index (χ0) is 13.1. The van der Waals surface area contributed by atoms with Gasteiger partial charge in [0.15, 0.2) is 5.13 Å². The minimum absolute atomic E-state index is 0.792. The van der Waals surface area contributed by atoms with Gasteiger partial charge in [0.25, 0.3) is 0 Å². The van der Waals surface area contributed by atoms with E-state index in [9.17, 15) is 0 Å². The van der Waals surface area contributed by atoms with Gasteiger partial charge in [-0.2, -0.15) is 0 Å². The molecule has 0 radical (unpaired) electrons. The van der Waals surface area contributed by atoms with Gasteiger partial charge in [0.2, 0.25) is 0 Å². The molecule has 7 heteroatoms. The Bertz CT molecular complexity index is 662. The van der Waals surface area contributed by atoms with Crippen molar-refractivity contribution in [1.82, 2.24) is 19.9 Å². The first-order valence-electron chi connectivity index (χ1n) is 5.79. The molecule has 0 bridgehead atoms. The van der Waals surface area contributed by atoms with E-state index in [1.165, 1.54) is 0 Å². The molecule has 3 heterocycles. The standard InChI is InChI=1S/C12H11N5S2/c1-2-14-12-17-9(7-18-12)10-6-16-11(19-10)8-5-13-3-4-15-8/h3-7H,2H2,1H3,(H,14,17). The van der Waals surface area contributed by atoms with Crippen molar-refractivity contribution in [1.29, 1.82) is 0 Å². The van der Waals surface area contributed by atoms with E-state index in [1.54, 1.807) is 41.3 Å². The van der Waals surface area contributed by atoms with Crippen molar-refractivity contribution in [2.24, 2.45) is 0 Å². The lowest BCUT2D eigenvalue weighted by Gasteiger charge is -1.93. The highest BCUT2D eigenvalue weighted by molar-refractivity contribution is 7.19. The predicted molar refractivity (Wildman–Crippen MR) is 78.4 cm³/mol. The smallest absolute Gasteiger partial charge is 0.183 e. The topological polar surface area (TPSA) is 63.6 Å². The lowest BCUT2D eigenvalue weighted by molar-refractivity contribution is 1.19. The SMILES string of the molecule is CCNc1nc(-c2cnc(-c3cnccn3)s2)cs1. The van der Waals surface area contributed by atoms with E-state index in [1.807, 2.05) is 11.6 Å². The van der Waals surface area contributed by atoms with Crippen molar-refractivity contribution in [2.45, 2.75) is 6.92 Å². The summed E-state index contributed by atoms with van der Waals surface area (Å²) in [5.41, 5.74) is 1.74. The molecule has 3 aromatic rings. The largest absolute Gasteiger partial charge is 0.362 e. The van der Waals surface area contributed by atoms with E-state index in [0.29, 0.717) is 0 Å². The van der Waals surface area contributed by atoms with Gasteiger partial charge < -0.3 is 5.32 Å². The van der Waals surface area contributed by atoms with Gasteiger partial charge in [-0.3, -0.25) is 9.97 Å². The normalized spacial score (nSPS) is 10.6. The van der Waals surface area contributed by atoms with E-state index >= 15 is 0 Å². The molecule has 0 aliphatic carbocycles. The van der Waals surface area contributed by atoms with Crippen molar-refractivity contribution < 1.29 is 0 Å². The van der Waals surface area contributed by atoms with Crippen LogP contribution in [0.25, 0.3) is 21.3 Å². The Balaban J connectivity index is 1.88. The van der Waals surface area contributed by atoms with Crippen LogP contribution in [0.5, 0.6) is 0 Å². The molecule has 0 aliphatic heterocycles. The van der Waals surface area contributed by atoms with Gasteiger partial charge in [-0.25, -0.2) is 9.97 Å². The van der Waals surface area contributed by atoms with Gasteiger partial charge in [0.1, 0.15) is 10.7 Å². The summed E-state index contributed by atoms with van der Waals surface area (Å²) < 4.78 is 0. The molecule has 0 fully saturated rings. The Morgan fingerprint density at radius 3 is 2.89 bits per heavy atom. The fraction of sp³-hybridized carbons (Fsp3) is 0.167. The molecule has 96 valence electrons. The van der Waals surface area contributed by atoms with Crippen LogP contribution in [-0.4, -0.2) is 26.5 Å². The maximum atomic E-state index is 4.52. The first-order valence-corrected chi connectivity index (χ1v) is 7.48. The summed E-state index contributed by atoms with van der Waals surface area (Å²) >= 11 is 3.18. The second kappa shape index (κ2) is 5.41. The van der Waals surface area contributed by atoms with Crippen LogP contribution in [0.3, 0.4) is 0 Å². The van der Waals surface area contributed by atoms with Crippen LogP contribution in [0, 0.1) is 0 Å². The molecule has 0 atom stereocenters. The second-order valence-corrected chi connectivity index (χ2v) is 5.58. The highest BCUT2D eigenvalue weighted by Crippen LogP contribution is 2.32. The van der Waals surface area contributed by atoms with Crippen LogP contribution < -0.4 is 5.32 Å². The molecule has 3 rings (SSSR count). The van der Waals surface area contributed by atoms with Crippen molar-refractivity contribution in [3.63, 3.8) is 0 Å². The number of hydrogen-bond donors (Lipinski definition) is 1. The van der Waals surface area contributed by atoms with Crippen molar-refractivity contribution in [3.8, 4) is 21.3 Å². The predicted octanol–water partition coefficient (Wildman–Crippen LogP) is 3.16. The van der Waals surface area contributed by atoms with Crippen LogP contribution in [0.15, 0.2) is 30.2 Å². The number of rotatable bonds is 4. The van der Waals surface area contributed by atoms with Gasteiger partial charge in [0.05, 0.1) is 16.8 Å². The summed E-state index contributed by atoms with van der Waals surface area (Å²) in [5, 5.41) is 7.04. The first-order chi connectivity index (χ1) is 9.36. The highest BCUT2D eigenvalue weighted by Gasteiger charge is 2.10. The molecule has 0 saturated carbocycles. The van der Waals surface area contributed by atoms with Crippen LogP contribution in [0.4, 0.5) is 5.13 Å². The number of anilines is 1. The monoisotopic (exact) mass is 289 g/mol. The molecule has 0 aliphatic rings. The van der Waals surface area contributed by atoms with E-state index in [4.69, 9.17) is 0 Å². The van der Waals surface area contributed by atoms with Gasteiger partial charge in [0, 0.05) is 30.5 Å². The second-order valence-electron chi connectivity index (χ2n) is 3.69. The molecule has 19 heavy (non-hydrogen) atoms. The average Bonchev–Trinajstić information content (AvgIpc) is 3.08. The zero-order valence-corrected chi connectivity index (χ0v) is 11.8. The van der Waals surface area contributed by atoms with E-state index in [0.717, 1.165) is 32.9 Å². The summed E-state index contributed by atoms with van der Waals surface area (Å²) in [6.07, 6.45) is 6.87. The number of aromatic nitrogens is 4. The fourth-order valence-corrected chi connectivity index (χ4v) is 3.23. The van der Waals surface area contributed by atoms with Crippen LogP contribution in [0.1, 0.15) is 6.92 Å². The van der Waals surface area contributed by atoms with Gasteiger partial charge in [-0.15, -0.1) is 22.7 Å². The molecule has 0 spiro atoms. The minimum atomic E-state index is 0.792. The zero-order valence-electron chi connectivity index (χ0n) is 10.2. The summed E-state index contributed by atoms with van der Waals surface area (Å²) in [4.78, 5) is 18.2. The van der Waals surface area contributed by atoms with E-state index < -0.39 is 0 Å². The number of thiazole rings is 2. The Morgan fingerprint density at radius 1 is 1.16 bits per heavy atom. The third kappa shape index (κ3) is 2.61. The molecule has 0 unspecified atom stereocenters. The van der Waals surface area contributed by atoms with Gasteiger partial charge in [-0.1, -0.05) is 0 Å². The summed E-state index contributed by atoms with van der Waals surface area (Å²) in [6.45, 7) is 2.93. The van der Waals surface area contributed by atoms with Crippen molar-refractivity contribution >= 4 is 27.8 Å². The van der Waals surface area contributed by atoms with Gasteiger partial charge >= 0.3 is 0 Å². The first kappa shape index (κ1) is 12.2. The Morgan fingerprint density at radius 2 is 2.11 bits per heavy atom. The number of nitrogens with one attached hydrogen (secondary N) is 1. The lowest BCUT2D eigenvalue weighted by Crippen LogP contribution is -1.94. The third-order valence-electron chi connectivity index (χ3n) is 2.37. The van der Waals surface area contributed by atoms with Crippen molar-refractivity contribution in [2.75, 3.05) is 11.9 Å². The number of hydrogen-bond acceptors (Lipinski definition) is 7. The fourth-order valence-electron chi connectivity index (χ4n) is 1.54. The molecular formula is C12H11N5S2. The lowest BCUT2D eigenvalue weighted by atomic mass is 10.4. The van der Waals surface area contributed by atoms with Gasteiger partial charge in [-0.05, 0) is 6.92 Å². The summed E-state index contributed by atoms with van der Waals surface area (Å²) in [7, 11) is 0.